The van der Waals surface area contributed by atoms with E-state index >= 15 is 0 Å². The standard InChI is InChI=1S/C28H33N3O3.C2H6/c1-4-5-13-25-24(14-17-33-3)29-28(26-18-22(2)19-31(25)26)15-16-30(21-28)27(32)34-20-23-11-9-7-6-8-10-12-23;1-2/h1,6-9,11,13-14,18-19,29H,5,10,12,15-17,20-21H2,2-3H3;1-2H3/b8-6-,9-7-,23-11+,24-14+,25-13+;. The Kier molecular flexibility index (Phi) is 9.84. The number of nitrogens with zero attached hydrogens (tertiary/aromatic N) is 2. The largest absolute Gasteiger partial charge is 0.445 e. The van der Waals surface area contributed by atoms with E-state index in [0.717, 1.165) is 47.5 Å². The van der Waals surface area contributed by atoms with E-state index in [9.17, 15) is 4.79 Å². The Balaban J connectivity index is 0.00000176. The summed E-state index contributed by atoms with van der Waals surface area (Å²) in [4.78, 5) is 14.8. The number of terminal acetylenes is 1. The number of aryl methyl sites for hydroxylation is 1. The molecule has 0 saturated carbocycles. The number of amides is 1. The van der Waals surface area contributed by atoms with E-state index in [1.807, 2.05) is 49.1 Å². The van der Waals surface area contributed by atoms with Crippen LogP contribution in [0.25, 0.3) is 5.70 Å². The van der Waals surface area contributed by atoms with Crippen LogP contribution in [0.1, 0.15) is 50.8 Å². The average molecular weight is 490 g/mol. The second-order valence-electron chi connectivity index (χ2n) is 8.95. The van der Waals surface area contributed by atoms with Crippen molar-refractivity contribution in [2.75, 3.05) is 33.4 Å². The van der Waals surface area contributed by atoms with Gasteiger partial charge < -0.3 is 24.3 Å². The highest BCUT2D eigenvalue weighted by atomic mass is 16.6. The second kappa shape index (κ2) is 13.0. The number of likely N-dealkylation sites (tertiary alicyclic amines) is 1. The molecule has 2 aliphatic heterocycles. The molecule has 6 nitrogen and oxygen atoms in total. The summed E-state index contributed by atoms with van der Waals surface area (Å²) in [5.74, 6) is 2.70. The number of fused-ring (bicyclic) bond motifs is 2. The number of aromatic nitrogens is 1. The van der Waals surface area contributed by atoms with Crippen molar-refractivity contribution in [2.45, 2.75) is 52.0 Å². The van der Waals surface area contributed by atoms with Crippen molar-refractivity contribution in [3.8, 4) is 12.3 Å². The Hall–Kier alpha value is -3.43. The third-order valence-electron chi connectivity index (χ3n) is 6.45. The zero-order valence-corrected chi connectivity index (χ0v) is 22.0. The first-order valence-electron chi connectivity index (χ1n) is 12.8. The first-order valence-corrected chi connectivity index (χ1v) is 12.8. The molecule has 4 rings (SSSR count). The SMILES string of the molecule is C#CC/C=C1\C(=C/COC)NC2(CCN(C(=O)OC/C3=C/C=C\C=C/CC3)C2)c2cc(C)cn21.CC. The minimum atomic E-state index is -0.395. The van der Waals surface area contributed by atoms with Crippen molar-refractivity contribution in [1.29, 1.82) is 0 Å². The van der Waals surface area contributed by atoms with Gasteiger partial charge in [-0.3, -0.25) is 0 Å². The van der Waals surface area contributed by atoms with Gasteiger partial charge >= 0.3 is 6.09 Å². The number of carbonyl (C=O) groups is 1. The minimum absolute atomic E-state index is 0.271. The Bertz CT molecular complexity index is 1110. The lowest BCUT2D eigenvalue weighted by atomic mass is 9.90. The molecular weight excluding hydrogens is 450 g/mol. The van der Waals surface area contributed by atoms with Gasteiger partial charge in [-0.1, -0.05) is 44.2 Å². The number of rotatable bonds is 5. The first-order chi connectivity index (χ1) is 17.6. The predicted molar refractivity (Wildman–Crippen MR) is 146 cm³/mol. The third kappa shape index (κ3) is 6.22. The summed E-state index contributed by atoms with van der Waals surface area (Å²) in [7, 11) is 1.68. The molecular formula is C30H39N3O3. The Morgan fingerprint density at radius 2 is 2.11 bits per heavy atom. The summed E-state index contributed by atoms with van der Waals surface area (Å²) in [5.41, 5.74) is 5.01. The maximum absolute atomic E-state index is 13.0. The summed E-state index contributed by atoms with van der Waals surface area (Å²) in [6, 6.07) is 2.19. The fourth-order valence-electron chi connectivity index (χ4n) is 4.79. The van der Waals surface area contributed by atoms with Crippen LogP contribution >= 0.6 is 0 Å². The van der Waals surface area contributed by atoms with Gasteiger partial charge in [0.15, 0.2) is 0 Å². The number of allylic oxidation sites excluding steroid dienone is 7. The van der Waals surface area contributed by atoms with Gasteiger partial charge in [0, 0.05) is 26.3 Å². The normalized spacial score (nSPS) is 26.0. The van der Waals surface area contributed by atoms with Crippen LogP contribution < -0.4 is 5.32 Å². The van der Waals surface area contributed by atoms with E-state index in [0.29, 0.717) is 32.7 Å². The van der Waals surface area contributed by atoms with E-state index in [1.165, 1.54) is 0 Å². The second-order valence-corrected chi connectivity index (χ2v) is 8.95. The van der Waals surface area contributed by atoms with Crippen LogP contribution in [0, 0.1) is 19.3 Å². The van der Waals surface area contributed by atoms with Crippen molar-refractivity contribution in [1.82, 2.24) is 14.8 Å². The summed E-state index contributed by atoms with van der Waals surface area (Å²) in [6.07, 6.45) is 24.9. The van der Waals surface area contributed by atoms with Crippen LogP contribution in [0.5, 0.6) is 0 Å². The zero-order chi connectivity index (χ0) is 26.0. The molecule has 1 aliphatic carbocycles. The topological polar surface area (TPSA) is 55.7 Å². The Morgan fingerprint density at radius 3 is 2.89 bits per heavy atom. The minimum Gasteiger partial charge on any atom is -0.445 e. The van der Waals surface area contributed by atoms with Crippen LogP contribution in [0.2, 0.25) is 0 Å². The lowest BCUT2D eigenvalue weighted by Crippen LogP contribution is -2.50. The molecule has 6 heteroatoms. The number of methoxy groups -OCH3 is 1. The maximum atomic E-state index is 13.0. The molecule has 1 N–H and O–H groups in total. The van der Waals surface area contributed by atoms with Gasteiger partial charge in [-0.25, -0.2) is 4.79 Å². The molecule has 1 aromatic rings. The first kappa shape index (κ1) is 27.2. The number of nitrogens with one attached hydrogen (secondary N) is 1. The van der Waals surface area contributed by atoms with Gasteiger partial charge in [0.2, 0.25) is 0 Å². The quantitative estimate of drug-likeness (QED) is 0.540. The Labute approximate surface area is 216 Å². The smallest absolute Gasteiger partial charge is 0.410 e. The fourth-order valence-corrected chi connectivity index (χ4v) is 4.79. The van der Waals surface area contributed by atoms with E-state index in [-0.39, 0.29) is 6.09 Å². The lowest BCUT2D eigenvalue weighted by Gasteiger charge is -2.39. The van der Waals surface area contributed by atoms with Crippen LogP contribution in [-0.2, 0) is 15.0 Å². The fraction of sp³-hybridized carbons (Fsp3) is 0.433. The highest BCUT2D eigenvalue weighted by molar-refractivity contribution is 5.71. The maximum Gasteiger partial charge on any atom is 0.410 e. The van der Waals surface area contributed by atoms with Crippen LogP contribution in [0.3, 0.4) is 0 Å². The summed E-state index contributed by atoms with van der Waals surface area (Å²) in [6.45, 7) is 8.04. The zero-order valence-electron chi connectivity index (χ0n) is 22.0. The van der Waals surface area contributed by atoms with E-state index < -0.39 is 5.54 Å². The molecule has 0 radical (unpaired) electrons. The van der Waals surface area contributed by atoms with Crippen molar-refractivity contribution in [3.05, 3.63) is 77.3 Å². The molecule has 1 spiro atoms. The van der Waals surface area contributed by atoms with E-state index in [2.05, 4.69) is 47.1 Å². The molecule has 3 heterocycles. The molecule has 3 aliphatic rings. The molecule has 1 aromatic heterocycles. The Morgan fingerprint density at radius 1 is 1.28 bits per heavy atom. The molecule has 0 aromatic carbocycles. The predicted octanol–water partition coefficient (Wildman–Crippen LogP) is 5.69. The van der Waals surface area contributed by atoms with Gasteiger partial charge in [-0.05, 0) is 55.5 Å². The molecule has 0 bridgehead atoms. The molecule has 1 amide bonds. The van der Waals surface area contributed by atoms with Gasteiger partial charge in [-0.15, -0.1) is 12.3 Å². The van der Waals surface area contributed by atoms with Crippen LogP contribution in [0.4, 0.5) is 4.79 Å². The van der Waals surface area contributed by atoms with Crippen LogP contribution in [-0.4, -0.2) is 49.0 Å². The van der Waals surface area contributed by atoms with Gasteiger partial charge in [0.05, 0.1) is 35.8 Å². The van der Waals surface area contributed by atoms with Gasteiger partial charge in [-0.2, -0.15) is 0 Å². The highest BCUT2D eigenvalue weighted by Gasteiger charge is 2.47. The summed E-state index contributed by atoms with van der Waals surface area (Å²) >= 11 is 0. The number of carbonyl (C=O) groups excluding carboxylic acids is 1. The van der Waals surface area contributed by atoms with Crippen molar-refractivity contribution in [3.63, 3.8) is 0 Å². The summed E-state index contributed by atoms with van der Waals surface area (Å²) < 4.78 is 13.2. The molecule has 1 unspecified atom stereocenters. The van der Waals surface area contributed by atoms with Crippen LogP contribution in [0.15, 0.2) is 66.1 Å². The highest BCUT2D eigenvalue weighted by Crippen LogP contribution is 2.41. The third-order valence-corrected chi connectivity index (χ3v) is 6.45. The molecule has 1 atom stereocenters. The molecule has 192 valence electrons. The van der Waals surface area contributed by atoms with Crippen molar-refractivity contribution in [2.24, 2.45) is 0 Å². The molecule has 1 saturated heterocycles. The van der Waals surface area contributed by atoms with E-state index in [1.54, 1.807) is 7.11 Å². The number of hydrogen-bond acceptors (Lipinski definition) is 4. The van der Waals surface area contributed by atoms with E-state index in [4.69, 9.17) is 15.9 Å². The molecule has 1 fully saturated rings. The lowest BCUT2D eigenvalue weighted by molar-refractivity contribution is 0.115. The number of hydrogen-bond donors (Lipinski definition) is 1. The van der Waals surface area contributed by atoms with Gasteiger partial charge in [0.1, 0.15) is 6.61 Å². The van der Waals surface area contributed by atoms with Gasteiger partial charge in [0.25, 0.3) is 0 Å². The average Bonchev–Trinajstić information content (AvgIpc) is 3.47. The van der Waals surface area contributed by atoms with Crippen molar-refractivity contribution >= 4 is 11.8 Å². The monoisotopic (exact) mass is 489 g/mol. The summed E-state index contributed by atoms with van der Waals surface area (Å²) in [5, 5.41) is 3.74. The molecule has 36 heavy (non-hydrogen) atoms. The number of ether oxygens (including phenoxy) is 2. The van der Waals surface area contributed by atoms with Crippen molar-refractivity contribution < 1.29 is 14.3 Å².